The van der Waals surface area contributed by atoms with E-state index in [4.69, 9.17) is 5.73 Å². The highest BCUT2D eigenvalue weighted by atomic mass is 79.9. The van der Waals surface area contributed by atoms with Gasteiger partial charge in [-0.2, -0.15) is 0 Å². The third kappa shape index (κ3) is 3.32. The van der Waals surface area contributed by atoms with Crippen molar-refractivity contribution in [2.75, 3.05) is 6.54 Å². The number of benzene rings is 1. The Kier molecular flexibility index (Phi) is 4.29. The Balaban J connectivity index is 2.78. The van der Waals surface area contributed by atoms with E-state index < -0.39 is 0 Å². The van der Waals surface area contributed by atoms with E-state index >= 15 is 0 Å². The maximum atomic E-state index is 11.7. The van der Waals surface area contributed by atoms with E-state index in [-0.39, 0.29) is 11.9 Å². The number of carbonyl (C=O) groups excluding carboxylic acids is 1. The summed E-state index contributed by atoms with van der Waals surface area (Å²) in [5, 5.41) is 2.81. The number of hydrogen-bond acceptors (Lipinski definition) is 2. The largest absolute Gasteiger partial charge is 0.348 e. The zero-order chi connectivity index (χ0) is 11.4. The fourth-order valence-corrected chi connectivity index (χ4v) is 1.48. The van der Waals surface area contributed by atoms with E-state index in [9.17, 15) is 4.79 Å². The first-order chi connectivity index (χ1) is 7.04. The van der Waals surface area contributed by atoms with E-state index in [1.807, 2.05) is 26.0 Å². The summed E-state index contributed by atoms with van der Waals surface area (Å²) in [4.78, 5) is 11.7. The average molecular weight is 271 g/mol. The summed E-state index contributed by atoms with van der Waals surface area (Å²) in [6.45, 7) is 4.30. The van der Waals surface area contributed by atoms with Gasteiger partial charge in [0.15, 0.2) is 0 Å². The topological polar surface area (TPSA) is 55.1 Å². The maximum absolute atomic E-state index is 11.7. The van der Waals surface area contributed by atoms with Crippen molar-refractivity contribution >= 4 is 21.8 Å². The Morgan fingerprint density at radius 1 is 1.60 bits per heavy atom. The highest BCUT2D eigenvalue weighted by molar-refractivity contribution is 9.10. The smallest absolute Gasteiger partial charge is 0.251 e. The van der Waals surface area contributed by atoms with Gasteiger partial charge in [0.05, 0.1) is 0 Å². The molecule has 0 aliphatic rings. The molecule has 0 aliphatic heterocycles. The van der Waals surface area contributed by atoms with Gasteiger partial charge in [-0.05, 0) is 31.5 Å². The molecule has 3 nitrogen and oxygen atoms in total. The number of halogens is 1. The van der Waals surface area contributed by atoms with Crippen molar-refractivity contribution in [3.05, 3.63) is 33.8 Å². The molecule has 0 saturated heterocycles. The summed E-state index contributed by atoms with van der Waals surface area (Å²) in [7, 11) is 0. The van der Waals surface area contributed by atoms with E-state index in [2.05, 4.69) is 21.2 Å². The molecule has 1 aromatic carbocycles. The second kappa shape index (κ2) is 5.28. The van der Waals surface area contributed by atoms with Gasteiger partial charge in [0.1, 0.15) is 0 Å². The standard InChI is InChI=1S/C11H15BrN2O/c1-7-3-4-9(5-10(7)12)11(15)14-8(2)6-13/h3-5,8H,6,13H2,1-2H3,(H,14,15)/t8-/m0/s1. The quantitative estimate of drug-likeness (QED) is 0.881. The minimum Gasteiger partial charge on any atom is -0.348 e. The van der Waals surface area contributed by atoms with Crippen LogP contribution in [0.2, 0.25) is 0 Å². The molecule has 1 rings (SSSR count). The Morgan fingerprint density at radius 2 is 2.27 bits per heavy atom. The van der Waals surface area contributed by atoms with Gasteiger partial charge >= 0.3 is 0 Å². The highest BCUT2D eigenvalue weighted by Gasteiger charge is 2.09. The number of hydrogen-bond donors (Lipinski definition) is 2. The first-order valence-electron chi connectivity index (χ1n) is 4.81. The van der Waals surface area contributed by atoms with Gasteiger partial charge in [-0.25, -0.2) is 0 Å². The molecule has 0 saturated carbocycles. The molecule has 1 amide bonds. The maximum Gasteiger partial charge on any atom is 0.251 e. The predicted octanol–water partition coefficient (Wildman–Crippen LogP) is 1.83. The lowest BCUT2D eigenvalue weighted by Crippen LogP contribution is -2.37. The molecular weight excluding hydrogens is 256 g/mol. The summed E-state index contributed by atoms with van der Waals surface area (Å²) in [6, 6.07) is 5.52. The summed E-state index contributed by atoms with van der Waals surface area (Å²) < 4.78 is 0.940. The lowest BCUT2D eigenvalue weighted by molar-refractivity contribution is 0.0941. The Labute approximate surface area is 98.2 Å². The van der Waals surface area contributed by atoms with Crippen molar-refractivity contribution in [1.29, 1.82) is 0 Å². The van der Waals surface area contributed by atoms with Crippen LogP contribution in [0.15, 0.2) is 22.7 Å². The van der Waals surface area contributed by atoms with Gasteiger partial charge in [0, 0.05) is 22.6 Å². The molecule has 1 atom stereocenters. The molecule has 4 heteroatoms. The van der Waals surface area contributed by atoms with E-state index in [0.29, 0.717) is 12.1 Å². The van der Waals surface area contributed by atoms with E-state index in [1.165, 1.54) is 0 Å². The molecule has 0 aromatic heterocycles. The molecule has 0 spiro atoms. The second-order valence-corrected chi connectivity index (χ2v) is 4.43. The highest BCUT2D eigenvalue weighted by Crippen LogP contribution is 2.17. The van der Waals surface area contributed by atoms with Gasteiger partial charge in [-0.3, -0.25) is 4.79 Å². The van der Waals surface area contributed by atoms with Crippen LogP contribution in [0.3, 0.4) is 0 Å². The van der Waals surface area contributed by atoms with Crippen molar-refractivity contribution in [1.82, 2.24) is 5.32 Å². The van der Waals surface area contributed by atoms with E-state index in [1.54, 1.807) is 6.07 Å². The number of carbonyl (C=O) groups is 1. The van der Waals surface area contributed by atoms with Crippen LogP contribution in [0.1, 0.15) is 22.8 Å². The van der Waals surface area contributed by atoms with Gasteiger partial charge in [-0.15, -0.1) is 0 Å². The first-order valence-corrected chi connectivity index (χ1v) is 5.61. The fraction of sp³-hybridized carbons (Fsp3) is 0.364. The van der Waals surface area contributed by atoms with Gasteiger partial charge in [0.25, 0.3) is 5.91 Å². The lowest BCUT2D eigenvalue weighted by atomic mass is 10.1. The van der Waals surface area contributed by atoms with Crippen LogP contribution in [0.5, 0.6) is 0 Å². The molecule has 0 heterocycles. The molecule has 0 bridgehead atoms. The van der Waals surface area contributed by atoms with Crippen LogP contribution < -0.4 is 11.1 Å². The zero-order valence-electron chi connectivity index (χ0n) is 8.88. The third-order valence-corrected chi connectivity index (χ3v) is 3.02. The molecule has 15 heavy (non-hydrogen) atoms. The Bertz CT molecular complexity index is 366. The number of nitrogens with two attached hydrogens (primary N) is 1. The molecule has 3 N–H and O–H groups in total. The van der Waals surface area contributed by atoms with Crippen LogP contribution in [0.25, 0.3) is 0 Å². The molecule has 0 unspecified atom stereocenters. The molecule has 0 aliphatic carbocycles. The van der Waals surface area contributed by atoms with Crippen LogP contribution in [-0.2, 0) is 0 Å². The first kappa shape index (κ1) is 12.2. The minimum atomic E-state index is -0.0892. The van der Waals surface area contributed by atoms with Crippen molar-refractivity contribution in [3.63, 3.8) is 0 Å². The Morgan fingerprint density at radius 3 is 2.80 bits per heavy atom. The van der Waals surface area contributed by atoms with E-state index in [0.717, 1.165) is 10.0 Å². The number of amides is 1. The number of rotatable bonds is 3. The molecule has 1 aromatic rings. The average Bonchev–Trinajstić information content (AvgIpc) is 2.21. The monoisotopic (exact) mass is 270 g/mol. The van der Waals surface area contributed by atoms with Gasteiger partial charge in [0.2, 0.25) is 0 Å². The molecule has 82 valence electrons. The summed E-state index contributed by atoms with van der Waals surface area (Å²) in [5.41, 5.74) is 7.18. The van der Waals surface area contributed by atoms with Crippen molar-refractivity contribution in [2.24, 2.45) is 5.73 Å². The van der Waals surface area contributed by atoms with Gasteiger partial charge < -0.3 is 11.1 Å². The Hall–Kier alpha value is -0.870. The third-order valence-electron chi connectivity index (χ3n) is 2.17. The van der Waals surface area contributed by atoms with Crippen LogP contribution >= 0.6 is 15.9 Å². The SMILES string of the molecule is Cc1ccc(C(=O)N[C@@H](C)CN)cc1Br. The summed E-state index contributed by atoms with van der Waals surface area (Å²) in [6.07, 6.45) is 0. The second-order valence-electron chi connectivity index (χ2n) is 3.57. The minimum absolute atomic E-state index is 0.00224. The molecule has 0 radical (unpaired) electrons. The number of nitrogens with one attached hydrogen (secondary N) is 1. The van der Waals surface area contributed by atoms with Crippen molar-refractivity contribution in [2.45, 2.75) is 19.9 Å². The summed E-state index contributed by atoms with van der Waals surface area (Å²) in [5.74, 6) is -0.0892. The zero-order valence-corrected chi connectivity index (χ0v) is 10.5. The van der Waals surface area contributed by atoms with Crippen molar-refractivity contribution < 1.29 is 4.79 Å². The van der Waals surface area contributed by atoms with Crippen LogP contribution in [-0.4, -0.2) is 18.5 Å². The van der Waals surface area contributed by atoms with Gasteiger partial charge in [-0.1, -0.05) is 22.0 Å². The fourth-order valence-electron chi connectivity index (χ4n) is 1.10. The molecular formula is C11H15BrN2O. The number of aryl methyl sites for hydroxylation is 1. The summed E-state index contributed by atoms with van der Waals surface area (Å²) >= 11 is 3.39. The van der Waals surface area contributed by atoms with Crippen LogP contribution in [0, 0.1) is 6.92 Å². The van der Waals surface area contributed by atoms with Crippen LogP contribution in [0.4, 0.5) is 0 Å². The lowest BCUT2D eigenvalue weighted by Gasteiger charge is -2.11. The predicted molar refractivity (Wildman–Crippen MR) is 64.9 cm³/mol. The normalized spacial score (nSPS) is 12.3. The van der Waals surface area contributed by atoms with Crippen molar-refractivity contribution in [3.8, 4) is 0 Å². The molecule has 0 fully saturated rings.